The van der Waals surface area contributed by atoms with Crippen molar-refractivity contribution in [3.05, 3.63) is 34.9 Å². The molecular formula is C14H19ClN2O2. The van der Waals surface area contributed by atoms with Crippen LogP contribution in [-0.4, -0.2) is 43.7 Å². The van der Waals surface area contributed by atoms with Gasteiger partial charge in [-0.05, 0) is 24.0 Å². The molecule has 19 heavy (non-hydrogen) atoms. The Balaban J connectivity index is 1.98. The maximum absolute atomic E-state index is 11.0. The first-order valence-electron chi connectivity index (χ1n) is 6.47. The molecule has 0 unspecified atom stereocenters. The highest BCUT2D eigenvalue weighted by molar-refractivity contribution is 6.31. The van der Waals surface area contributed by atoms with Gasteiger partial charge in [0.15, 0.2) is 0 Å². The molecule has 1 saturated heterocycles. The van der Waals surface area contributed by atoms with Crippen LogP contribution in [0.5, 0.6) is 0 Å². The Bertz CT molecular complexity index is 439. The van der Waals surface area contributed by atoms with Crippen LogP contribution in [0.25, 0.3) is 0 Å². The minimum atomic E-state index is -0.293. The molecule has 0 aromatic heterocycles. The second-order valence-corrected chi connectivity index (χ2v) is 5.35. The van der Waals surface area contributed by atoms with E-state index in [0.717, 1.165) is 30.1 Å². The summed E-state index contributed by atoms with van der Waals surface area (Å²) in [5.74, 6) is 0.0418. The van der Waals surface area contributed by atoms with Gasteiger partial charge in [-0.25, -0.2) is 0 Å². The lowest BCUT2D eigenvalue weighted by Crippen LogP contribution is -2.37. The summed E-state index contributed by atoms with van der Waals surface area (Å²) in [6, 6.07) is 7.84. The number of hydrogen-bond donors (Lipinski definition) is 1. The van der Waals surface area contributed by atoms with E-state index < -0.39 is 0 Å². The van der Waals surface area contributed by atoms with Gasteiger partial charge in [0.05, 0.1) is 19.8 Å². The lowest BCUT2D eigenvalue weighted by molar-refractivity contribution is -0.119. The molecule has 1 aromatic carbocycles. The number of carbonyl (C=O) groups excluding carboxylic acids is 1. The van der Waals surface area contributed by atoms with E-state index >= 15 is 0 Å². The van der Waals surface area contributed by atoms with Crippen molar-refractivity contribution in [2.45, 2.75) is 6.42 Å². The third kappa shape index (κ3) is 4.49. The quantitative estimate of drug-likeness (QED) is 0.906. The van der Waals surface area contributed by atoms with E-state index in [0.29, 0.717) is 25.7 Å². The first kappa shape index (κ1) is 14.3. The van der Waals surface area contributed by atoms with Gasteiger partial charge in [0.1, 0.15) is 0 Å². The van der Waals surface area contributed by atoms with Crippen LogP contribution in [0.4, 0.5) is 0 Å². The van der Waals surface area contributed by atoms with Crippen LogP contribution in [0.1, 0.15) is 5.56 Å². The van der Waals surface area contributed by atoms with E-state index in [1.165, 1.54) is 0 Å². The highest BCUT2D eigenvalue weighted by Gasteiger charge is 2.20. The number of ether oxygens (including phenoxy) is 1. The van der Waals surface area contributed by atoms with Crippen molar-refractivity contribution in [2.24, 2.45) is 11.7 Å². The van der Waals surface area contributed by atoms with Gasteiger partial charge in [-0.1, -0.05) is 29.8 Å². The SMILES string of the molecule is NC(=O)CN1CCOC[C@H](Cc2ccccc2Cl)C1. The molecule has 0 saturated carbocycles. The molecule has 1 aliphatic heterocycles. The van der Waals surface area contributed by atoms with Crippen molar-refractivity contribution >= 4 is 17.5 Å². The van der Waals surface area contributed by atoms with Gasteiger partial charge < -0.3 is 10.5 Å². The summed E-state index contributed by atoms with van der Waals surface area (Å²) in [7, 11) is 0. The molecule has 5 heteroatoms. The molecule has 1 amide bonds. The number of primary amides is 1. The summed E-state index contributed by atoms with van der Waals surface area (Å²) >= 11 is 6.18. The third-order valence-corrected chi connectivity index (χ3v) is 3.64. The van der Waals surface area contributed by atoms with Gasteiger partial charge in [-0.2, -0.15) is 0 Å². The molecule has 1 aliphatic rings. The Morgan fingerprint density at radius 1 is 1.47 bits per heavy atom. The van der Waals surface area contributed by atoms with Gasteiger partial charge in [0.25, 0.3) is 0 Å². The number of carbonyl (C=O) groups is 1. The van der Waals surface area contributed by atoms with Crippen molar-refractivity contribution in [3.8, 4) is 0 Å². The lowest BCUT2D eigenvalue weighted by Gasteiger charge is -2.22. The maximum atomic E-state index is 11.0. The molecule has 1 aromatic rings. The zero-order chi connectivity index (χ0) is 13.7. The number of nitrogens with zero attached hydrogens (tertiary/aromatic N) is 1. The van der Waals surface area contributed by atoms with Gasteiger partial charge in [-0.15, -0.1) is 0 Å². The average molecular weight is 283 g/mol. The Labute approximate surface area is 118 Å². The number of hydrogen-bond acceptors (Lipinski definition) is 3. The van der Waals surface area contributed by atoms with E-state index in [1.54, 1.807) is 0 Å². The molecular weight excluding hydrogens is 264 g/mol. The second kappa shape index (κ2) is 6.89. The highest BCUT2D eigenvalue weighted by Crippen LogP contribution is 2.20. The summed E-state index contributed by atoms with van der Waals surface area (Å²) in [6.07, 6.45) is 0.856. The maximum Gasteiger partial charge on any atom is 0.231 e. The molecule has 1 heterocycles. The van der Waals surface area contributed by atoms with Crippen molar-refractivity contribution in [1.82, 2.24) is 4.90 Å². The largest absolute Gasteiger partial charge is 0.380 e. The van der Waals surface area contributed by atoms with E-state index in [-0.39, 0.29) is 5.91 Å². The molecule has 0 radical (unpaired) electrons. The minimum absolute atomic E-state index is 0.293. The predicted molar refractivity (Wildman–Crippen MR) is 75.1 cm³/mol. The zero-order valence-corrected chi connectivity index (χ0v) is 11.6. The van der Waals surface area contributed by atoms with E-state index in [4.69, 9.17) is 22.1 Å². The van der Waals surface area contributed by atoms with E-state index in [1.807, 2.05) is 24.3 Å². The fourth-order valence-corrected chi connectivity index (χ4v) is 2.63. The van der Waals surface area contributed by atoms with Crippen molar-refractivity contribution < 1.29 is 9.53 Å². The van der Waals surface area contributed by atoms with E-state index in [2.05, 4.69) is 4.90 Å². The van der Waals surface area contributed by atoms with Crippen molar-refractivity contribution in [1.29, 1.82) is 0 Å². The summed E-state index contributed by atoms with van der Waals surface area (Å²) in [5.41, 5.74) is 6.38. The van der Waals surface area contributed by atoms with Crippen LogP contribution in [0.3, 0.4) is 0 Å². The van der Waals surface area contributed by atoms with Crippen molar-refractivity contribution in [3.63, 3.8) is 0 Å². The minimum Gasteiger partial charge on any atom is -0.380 e. The van der Waals surface area contributed by atoms with Gasteiger partial charge in [0.2, 0.25) is 5.91 Å². The van der Waals surface area contributed by atoms with Crippen LogP contribution in [0, 0.1) is 5.92 Å². The molecule has 0 spiro atoms. The summed E-state index contributed by atoms with van der Waals surface area (Å²) in [4.78, 5) is 13.1. The van der Waals surface area contributed by atoms with Crippen LogP contribution in [0.15, 0.2) is 24.3 Å². The summed E-state index contributed by atoms with van der Waals surface area (Å²) < 4.78 is 5.59. The van der Waals surface area contributed by atoms with Gasteiger partial charge >= 0.3 is 0 Å². The van der Waals surface area contributed by atoms with Crippen LogP contribution < -0.4 is 5.73 Å². The Kier molecular flexibility index (Phi) is 5.19. The standard InChI is InChI=1S/C14H19ClN2O2/c15-13-4-2-1-3-12(13)7-11-8-17(9-14(16)18)5-6-19-10-11/h1-4,11H,5-10H2,(H2,16,18)/t11-/m1/s1. The molecule has 0 aliphatic carbocycles. The van der Waals surface area contributed by atoms with Crippen LogP contribution in [0.2, 0.25) is 5.02 Å². The number of nitrogens with two attached hydrogens (primary N) is 1. The first-order chi connectivity index (χ1) is 9.15. The molecule has 2 N–H and O–H groups in total. The normalized spacial score (nSPS) is 21.0. The van der Waals surface area contributed by atoms with Crippen LogP contribution in [-0.2, 0) is 16.0 Å². The third-order valence-electron chi connectivity index (χ3n) is 3.27. The van der Waals surface area contributed by atoms with E-state index in [9.17, 15) is 4.79 Å². The Hall–Kier alpha value is -1.10. The smallest absolute Gasteiger partial charge is 0.231 e. The number of benzene rings is 1. The Morgan fingerprint density at radius 2 is 2.26 bits per heavy atom. The molecule has 2 rings (SSSR count). The molecule has 1 atom stereocenters. The Morgan fingerprint density at radius 3 is 3.00 bits per heavy atom. The summed E-state index contributed by atoms with van der Waals surface area (Å²) in [6.45, 7) is 3.20. The topological polar surface area (TPSA) is 55.6 Å². The fraction of sp³-hybridized carbons (Fsp3) is 0.500. The molecule has 0 bridgehead atoms. The molecule has 104 valence electrons. The monoisotopic (exact) mass is 282 g/mol. The first-order valence-corrected chi connectivity index (χ1v) is 6.84. The molecule has 4 nitrogen and oxygen atoms in total. The number of amides is 1. The lowest BCUT2D eigenvalue weighted by atomic mass is 9.99. The zero-order valence-electron chi connectivity index (χ0n) is 10.8. The fourth-order valence-electron chi connectivity index (χ4n) is 2.42. The highest BCUT2D eigenvalue weighted by atomic mass is 35.5. The number of halogens is 1. The van der Waals surface area contributed by atoms with Crippen molar-refractivity contribution in [2.75, 3.05) is 32.8 Å². The van der Waals surface area contributed by atoms with Gasteiger partial charge in [-0.3, -0.25) is 9.69 Å². The summed E-state index contributed by atoms with van der Waals surface area (Å²) in [5, 5.41) is 0.785. The number of rotatable bonds is 4. The second-order valence-electron chi connectivity index (χ2n) is 4.94. The molecule has 1 fully saturated rings. The van der Waals surface area contributed by atoms with Crippen LogP contribution >= 0.6 is 11.6 Å². The van der Waals surface area contributed by atoms with Gasteiger partial charge in [0, 0.05) is 18.1 Å². The average Bonchev–Trinajstić information content (AvgIpc) is 2.57. The predicted octanol–water partition coefficient (Wildman–Crippen LogP) is 1.32.